The van der Waals surface area contributed by atoms with Crippen LogP contribution in [0.25, 0.3) is 0 Å². The monoisotopic (exact) mass is 452 g/mol. The van der Waals surface area contributed by atoms with Crippen LogP contribution in [-0.2, 0) is 4.79 Å². The molecule has 1 aromatic rings. The average Bonchev–Trinajstić information content (AvgIpc) is 3.18. The molecule has 1 saturated heterocycles. The lowest BCUT2D eigenvalue weighted by atomic mass is 9.71. The van der Waals surface area contributed by atoms with Gasteiger partial charge in [0, 0.05) is 38.2 Å². The second kappa shape index (κ2) is 10.1. The molecule has 1 aromatic heterocycles. The predicted molar refractivity (Wildman–Crippen MR) is 118 cm³/mol. The number of carbonyl (C=O) groups is 2. The molecule has 0 spiro atoms. The summed E-state index contributed by atoms with van der Waals surface area (Å²) in [5, 5.41) is 23.9. The Morgan fingerprint density at radius 1 is 1.29 bits per heavy atom. The van der Waals surface area contributed by atoms with E-state index >= 15 is 0 Å². The number of amides is 2. The standard InChI is InChI=1S/C21H32N4O5S/c1-23(2)14-21(8-4-3-5-9-21)11-18(27)24-12-15(10-16(26)13-24)22-20(28)17-6-7-19(31-17)25(29)30/h6-7,15-16,26H,3-5,8-14H2,1-2H3,(H,22,28). The van der Waals surface area contributed by atoms with E-state index in [2.05, 4.69) is 10.2 Å². The van der Waals surface area contributed by atoms with Gasteiger partial charge < -0.3 is 20.2 Å². The zero-order valence-electron chi connectivity index (χ0n) is 18.2. The summed E-state index contributed by atoms with van der Waals surface area (Å²) >= 11 is 0.815. The van der Waals surface area contributed by atoms with Gasteiger partial charge in [0.15, 0.2) is 0 Å². The molecule has 31 heavy (non-hydrogen) atoms. The molecule has 0 aromatic carbocycles. The lowest BCUT2D eigenvalue weighted by Gasteiger charge is -2.42. The molecule has 2 unspecified atom stereocenters. The highest BCUT2D eigenvalue weighted by molar-refractivity contribution is 7.17. The molecule has 1 aliphatic carbocycles. The molecular formula is C21H32N4O5S. The van der Waals surface area contributed by atoms with Gasteiger partial charge in [-0.3, -0.25) is 19.7 Å². The maximum atomic E-state index is 13.2. The highest BCUT2D eigenvalue weighted by Crippen LogP contribution is 2.40. The van der Waals surface area contributed by atoms with Gasteiger partial charge in [-0.2, -0.15) is 0 Å². The molecule has 2 heterocycles. The Hall–Kier alpha value is -2.04. The lowest BCUT2D eigenvalue weighted by molar-refractivity contribution is -0.380. The number of hydrogen-bond donors (Lipinski definition) is 2. The zero-order valence-corrected chi connectivity index (χ0v) is 19.0. The molecule has 9 nitrogen and oxygen atoms in total. The van der Waals surface area contributed by atoms with Crippen LogP contribution in [0, 0.1) is 15.5 Å². The first-order valence-corrected chi connectivity index (χ1v) is 11.6. The van der Waals surface area contributed by atoms with Gasteiger partial charge in [0.2, 0.25) is 5.91 Å². The van der Waals surface area contributed by atoms with Gasteiger partial charge in [-0.15, -0.1) is 0 Å². The number of rotatable bonds is 7. The van der Waals surface area contributed by atoms with Crippen LogP contribution in [0.15, 0.2) is 12.1 Å². The van der Waals surface area contributed by atoms with Crippen molar-refractivity contribution in [3.8, 4) is 0 Å². The first-order chi connectivity index (χ1) is 14.7. The topological polar surface area (TPSA) is 116 Å². The summed E-state index contributed by atoms with van der Waals surface area (Å²) in [4.78, 5) is 40.1. The quantitative estimate of drug-likeness (QED) is 0.484. The van der Waals surface area contributed by atoms with E-state index in [0.717, 1.165) is 43.6 Å². The number of aliphatic hydroxyl groups is 1. The smallest absolute Gasteiger partial charge is 0.324 e. The molecule has 1 saturated carbocycles. The number of piperidine rings is 1. The van der Waals surface area contributed by atoms with Crippen molar-refractivity contribution in [3.63, 3.8) is 0 Å². The van der Waals surface area contributed by atoms with Crippen LogP contribution in [0.5, 0.6) is 0 Å². The molecule has 1 aliphatic heterocycles. The molecule has 3 rings (SSSR count). The predicted octanol–water partition coefficient (Wildman–Crippen LogP) is 2.25. The summed E-state index contributed by atoms with van der Waals surface area (Å²) in [5.41, 5.74) is -0.0319. The highest BCUT2D eigenvalue weighted by atomic mass is 32.1. The number of carbonyl (C=O) groups excluding carboxylic acids is 2. The van der Waals surface area contributed by atoms with E-state index in [9.17, 15) is 24.8 Å². The summed E-state index contributed by atoms with van der Waals surface area (Å²) < 4.78 is 0. The molecular weight excluding hydrogens is 420 g/mol. The number of β-amino-alcohol motifs (C(OH)–C–C–N with tert-alkyl or cyclic N) is 1. The molecule has 10 heteroatoms. The van der Waals surface area contributed by atoms with Gasteiger partial charge in [0.25, 0.3) is 5.91 Å². The summed E-state index contributed by atoms with van der Waals surface area (Å²) in [6.07, 6.45) is 5.64. The number of hydrogen-bond acceptors (Lipinski definition) is 7. The van der Waals surface area contributed by atoms with Crippen molar-refractivity contribution in [2.24, 2.45) is 5.41 Å². The Balaban J connectivity index is 1.63. The Morgan fingerprint density at radius 3 is 2.61 bits per heavy atom. The second-order valence-electron chi connectivity index (χ2n) is 9.23. The van der Waals surface area contributed by atoms with Crippen molar-refractivity contribution < 1.29 is 19.6 Å². The molecule has 2 amide bonds. The molecule has 172 valence electrons. The van der Waals surface area contributed by atoms with Crippen LogP contribution in [-0.4, -0.2) is 77.5 Å². The fourth-order valence-electron chi connectivity index (χ4n) is 4.98. The molecule has 2 N–H and O–H groups in total. The van der Waals surface area contributed by atoms with E-state index in [-0.39, 0.29) is 27.7 Å². The van der Waals surface area contributed by atoms with Gasteiger partial charge in [-0.25, -0.2) is 0 Å². The van der Waals surface area contributed by atoms with Crippen LogP contribution in [0.4, 0.5) is 5.00 Å². The number of nitro groups is 1. The van der Waals surface area contributed by atoms with Crippen LogP contribution >= 0.6 is 11.3 Å². The summed E-state index contributed by atoms with van der Waals surface area (Å²) in [6.45, 7) is 1.48. The Bertz CT molecular complexity index is 805. The van der Waals surface area contributed by atoms with E-state index in [1.807, 2.05) is 14.1 Å². The van der Waals surface area contributed by atoms with Gasteiger partial charge in [-0.1, -0.05) is 30.6 Å². The Kier molecular flexibility index (Phi) is 7.66. The maximum Gasteiger partial charge on any atom is 0.324 e. The van der Waals surface area contributed by atoms with Crippen molar-refractivity contribution in [3.05, 3.63) is 27.1 Å². The molecule has 2 aliphatic rings. The van der Waals surface area contributed by atoms with Crippen molar-refractivity contribution in [1.82, 2.24) is 15.1 Å². The first kappa shape index (κ1) is 23.6. The third kappa shape index (κ3) is 6.24. The number of nitrogens with zero attached hydrogens (tertiary/aromatic N) is 3. The second-order valence-corrected chi connectivity index (χ2v) is 10.3. The summed E-state index contributed by atoms with van der Waals surface area (Å²) in [6, 6.07) is 2.34. The fraction of sp³-hybridized carbons (Fsp3) is 0.714. The van der Waals surface area contributed by atoms with Gasteiger partial charge >= 0.3 is 5.00 Å². The average molecular weight is 453 g/mol. The van der Waals surface area contributed by atoms with Crippen molar-refractivity contribution in [2.45, 2.75) is 57.1 Å². The van der Waals surface area contributed by atoms with Gasteiger partial charge in [-0.05, 0) is 44.8 Å². The maximum absolute atomic E-state index is 13.2. The Morgan fingerprint density at radius 2 is 2.00 bits per heavy atom. The van der Waals surface area contributed by atoms with Crippen LogP contribution < -0.4 is 5.32 Å². The van der Waals surface area contributed by atoms with E-state index in [1.54, 1.807) is 4.90 Å². The van der Waals surface area contributed by atoms with Gasteiger partial charge in [0.05, 0.1) is 15.9 Å². The zero-order chi connectivity index (χ0) is 22.6. The number of aliphatic hydroxyl groups excluding tert-OH is 1. The fourth-order valence-corrected chi connectivity index (χ4v) is 5.70. The number of thiophene rings is 1. The largest absolute Gasteiger partial charge is 0.391 e. The van der Waals surface area contributed by atoms with E-state index in [1.165, 1.54) is 18.6 Å². The van der Waals surface area contributed by atoms with Crippen molar-refractivity contribution in [2.75, 3.05) is 33.7 Å². The molecule has 0 bridgehead atoms. The highest BCUT2D eigenvalue weighted by Gasteiger charge is 2.38. The summed E-state index contributed by atoms with van der Waals surface area (Å²) in [5.74, 6) is -0.394. The lowest BCUT2D eigenvalue weighted by Crippen LogP contribution is -2.55. The number of likely N-dealkylation sites (tertiary alicyclic amines) is 1. The SMILES string of the molecule is CN(C)CC1(CC(=O)N2CC(O)CC(NC(=O)c3ccc([N+](=O)[O-])s3)C2)CCCCC1. The van der Waals surface area contributed by atoms with E-state index in [0.29, 0.717) is 19.4 Å². The molecule has 2 fully saturated rings. The Labute approximate surface area is 186 Å². The van der Waals surface area contributed by atoms with Crippen LogP contribution in [0.3, 0.4) is 0 Å². The minimum atomic E-state index is -0.711. The molecule has 2 atom stereocenters. The number of nitrogens with one attached hydrogen (secondary N) is 1. The first-order valence-electron chi connectivity index (χ1n) is 10.8. The van der Waals surface area contributed by atoms with Crippen LogP contribution in [0.2, 0.25) is 0 Å². The van der Waals surface area contributed by atoms with Gasteiger partial charge in [0.1, 0.15) is 0 Å². The van der Waals surface area contributed by atoms with E-state index < -0.39 is 23.0 Å². The third-order valence-corrected chi connectivity index (χ3v) is 7.24. The van der Waals surface area contributed by atoms with Crippen molar-refractivity contribution >= 4 is 28.2 Å². The van der Waals surface area contributed by atoms with Crippen molar-refractivity contribution in [1.29, 1.82) is 0 Å². The van der Waals surface area contributed by atoms with Crippen LogP contribution in [0.1, 0.15) is 54.6 Å². The van der Waals surface area contributed by atoms with E-state index in [4.69, 9.17) is 0 Å². The summed E-state index contributed by atoms with van der Waals surface area (Å²) in [7, 11) is 4.07. The minimum absolute atomic E-state index is 0.0218. The minimum Gasteiger partial charge on any atom is -0.391 e. The molecule has 0 radical (unpaired) electrons. The normalized spacial score (nSPS) is 23.5. The third-order valence-electron chi connectivity index (χ3n) is 6.20.